The van der Waals surface area contributed by atoms with Crippen molar-refractivity contribution in [3.05, 3.63) is 0 Å². The summed E-state index contributed by atoms with van der Waals surface area (Å²) < 4.78 is 75.0. The lowest BCUT2D eigenvalue weighted by Gasteiger charge is -2.37. The molecule has 0 heterocycles. The minimum atomic E-state index is -5.58. The van der Waals surface area contributed by atoms with Gasteiger partial charge in [0.05, 0.1) is 6.10 Å². The minimum absolute atomic E-state index is 0.0703. The number of hydrogen-bond donors (Lipinski definition) is 1. The maximum absolute atomic E-state index is 13.5. The zero-order valence-electron chi connectivity index (χ0n) is 8.28. The van der Waals surface area contributed by atoms with Crippen LogP contribution in [0.5, 0.6) is 0 Å². The first-order chi connectivity index (χ1) is 7.19. The Labute approximate surface area is 88.4 Å². The topological polar surface area (TPSA) is 20.2 Å². The van der Waals surface area contributed by atoms with Gasteiger partial charge < -0.3 is 5.11 Å². The highest BCUT2D eigenvalue weighted by Gasteiger charge is 2.66. The standard InChI is InChI=1S/C9H12F6O/c10-7(11)8(12,9(13,14)15)5-1-3-6(16)4-2-5/h5-7,16H,1-4H2. The first-order valence-electron chi connectivity index (χ1n) is 4.91. The molecule has 1 saturated carbocycles. The zero-order valence-corrected chi connectivity index (χ0v) is 8.28. The molecule has 0 spiro atoms. The fourth-order valence-electron chi connectivity index (χ4n) is 2.03. The molecule has 1 unspecified atom stereocenters. The molecule has 1 N–H and O–H groups in total. The van der Waals surface area contributed by atoms with E-state index >= 15 is 0 Å². The van der Waals surface area contributed by atoms with Gasteiger partial charge in [-0.2, -0.15) is 13.2 Å². The van der Waals surface area contributed by atoms with Gasteiger partial charge in [0.25, 0.3) is 12.1 Å². The van der Waals surface area contributed by atoms with Crippen LogP contribution in [-0.4, -0.2) is 29.5 Å². The van der Waals surface area contributed by atoms with Crippen molar-refractivity contribution < 1.29 is 31.4 Å². The molecule has 1 aliphatic rings. The van der Waals surface area contributed by atoms with Gasteiger partial charge in [-0.3, -0.25) is 0 Å². The Morgan fingerprint density at radius 1 is 0.938 bits per heavy atom. The van der Waals surface area contributed by atoms with E-state index in [2.05, 4.69) is 0 Å². The smallest absolute Gasteiger partial charge is 0.393 e. The second kappa shape index (κ2) is 4.43. The van der Waals surface area contributed by atoms with Gasteiger partial charge in [-0.1, -0.05) is 0 Å². The van der Waals surface area contributed by atoms with Gasteiger partial charge in [-0.25, -0.2) is 13.2 Å². The number of hydrogen-bond acceptors (Lipinski definition) is 1. The molecule has 0 saturated heterocycles. The van der Waals surface area contributed by atoms with Crippen LogP contribution in [0.15, 0.2) is 0 Å². The van der Waals surface area contributed by atoms with Gasteiger partial charge in [0, 0.05) is 5.92 Å². The maximum Gasteiger partial charge on any atom is 0.428 e. The molecule has 96 valence electrons. The summed E-state index contributed by atoms with van der Waals surface area (Å²) in [6, 6.07) is 0. The number of alkyl halides is 6. The second-order valence-electron chi connectivity index (χ2n) is 4.07. The van der Waals surface area contributed by atoms with Gasteiger partial charge in [0.1, 0.15) is 0 Å². The largest absolute Gasteiger partial charge is 0.428 e. The number of rotatable bonds is 2. The molecule has 0 amide bonds. The van der Waals surface area contributed by atoms with Crippen LogP contribution < -0.4 is 0 Å². The molecule has 0 aromatic carbocycles. The molecule has 0 bridgehead atoms. The van der Waals surface area contributed by atoms with Gasteiger partial charge >= 0.3 is 6.18 Å². The van der Waals surface area contributed by atoms with Crippen LogP contribution in [0.2, 0.25) is 0 Å². The molecule has 1 fully saturated rings. The van der Waals surface area contributed by atoms with E-state index in [1.807, 2.05) is 0 Å². The summed E-state index contributed by atoms with van der Waals surface area (Å²) in [5.41, 5.74) is -4.45. The molecule has 1 aliphatic carbocycles. The van der Waals surface area contributed by atoms with E-state index in [9.17, 15) is 26.3 Å². The van der Waals surface area contributed by atoms with E-state index in [-0.39, 0.29) is 25.7 Å². The molecule has 0 aliphatic heterocycles. The average Bonchev–Trinajstić information content (AvgIpc) is 2.15. The third-order valence-electron chi connectivity index (χ3n) is 3.04. The first kappa shape index (κ1) is 13.6. The molecular weight excluding hydrogens is 238 g/mol. The molecule has 1 rings (SSSR count). The lowest BCUT2D eigenvalue weighted by molar-refractivity contribution is -0.290. The summed E-state index contributed by atoms with van der Waals surface area (Å²) in [4.78, 5) is 0. The lowest BCUT2D eigenvalue weighted by Crippen LogP contribution is -2.54. The Morgan fingerprint density at radius 2 is 1.38 bits per heavy atom. The summed E-state index contributed by atoms with van der Waals surface area (Å²) >= 11 is 0. The minimum Gasteiger partial charge on any atom is -0.393 e. The monoisotopic (exact) mass is 250 g/mol. The lowest BCUT2D eigenvalue weighted by atomic mass is 9.77. The van der Waals surface area contributed by atoms with Crippen molar-refractivity contribution >= 4 is 0 Å². The van der Waals surface area contributed by atoms with Crippen LogP contribution >= 0.6 is 0 Å². The van der Waals surface area contributed by atoms with E-state index in [4.69, 9.17) is 5.11 Å². The van der Waals surface area contributed by atoms with E-state index in [1.54, 1.807) is 0 Å². The van der Waals surface area contributed by atoms with E-state index in [1.165, 1.54) is 0 Å². The van der Waals surface area contributed by atoms with E-state index in [0.717, 1.165) is 0 Å². The molecule has 7 heteroatoms. The molecule has 0 radical (unpaired) electrons. The van der Waals surface area contributed by atoms with Crippen molar-refractivity contribution in [1.82, 2.24) is 0 Å². The molecule has 0 aromatic rings. The van der Waals surface area contributed by atoms with Crippen LogP contribution in [-0.2, 0) is 0 Å². The number of aliphatic hydroxyl groups is 1. The number of halogens is 6. The summed E-state index contributed by atoms with van der Waals surface area (Å²) in [7, 11) is 0. The summed E-state index contributed by atoms with van der Waals surface area (Å²) in [6.07, 6.45) is -11.4. The molecule has 16 heavy (non-hydrogen) atoms. The van der Waals surface area contributed by atoms with Gasteiger partial charge in [0.2, 0.25) is 0 Å². The maximum atomic E-state index is 13.5. The fraction of sp³-hybridized carbons (Fsp3) is 1.00. The quantitative estimate of drug-likeness (QED) is 0.747. The summed E-state index contributed by atoms with van der Waals surface area (Å²) in [5.74, 6) is -1.77. The van der Waals surface area contributed by atoms with Crippen LogP contribution in [0.4, 0.5) is 26.3 Å². The van der Waals surface area contributed by atoms with Crippen molar-refractivity contribution in [2.45, 2.75) is 50.1 Å². The van der Waals surface area contributed by atoms with Gasteiger partial charge in [-0.15, -0.1) is 0 Å². The molecule has 0 aromatic heterocycles. The van der Waals surface area contributed by atoms with Crippen LogP contribution in [0, 0.1) is 5.92 Å². The van der Waals surface area contributed by atoms with Crippen LogP contribution in [0.1, 0.15) is 25.7 Å². The second-order valence-corrected chi connectivity index (χ2v) is 4.07. The Bertz CT molecular complexity index is 233. The van der Waals surface area contributed by atoms with Crippen molar-refractivity contribution in [3.8, 4) is 0 Å². The third-order valence-corrected chi connectivity index (χ3v) is 3.04. The average molecular weight is 250 g/mol. The third kappa shape index (κ3) is 2.28. The first-order valence-corrected chi connectivity index (χ1v) is 4.91. The number of aliphatic hydroxyl groups excluding tert-OH is 1. The van der Waals surface area contributed by atoms with E-state index in [0.29, 0.717) is 0 Å². The normalized spacial score (nSPS) is 31.5. The van der Waals surface area contributed by atoms with Crippen molar-refractivity contribution in [2.24, 2.45) is 5.92 Å². The van der Waals surface area contributed by atoms with Crippen molar-refractivity contribution in [1.29, 1.82) is 0 Å². The van der Waals surface area contributed by atoms with Crippen LogP contribution in [0.3, 0.4) is 0 Å². The highest BCUT2D eigenvalue weighted by molar-refractivity contribution is 4.97. The molecule has 1 atom stereocenters. The van der Waals surface area contributed by atoms with E-state index < -0.39 is 30.3 Å². The Morgan fingerprint density at radius 3 is 1.69 bits per heavy atom. The Hall–Kier alpha value is -0.460. The van der Waals surface area contributed by atoms with Crippen molar-refractivity contribution in [3.63, 3.8) is 0 Å². The summed E-state index contributed by atoms with van der Waals surface area (Å²) in [6.45, 7) is 0. The molecule has 1 nitrogen and oxygen atoms in total. The van der Waals surface area contributed by atoms with Gasteiger partial charge in [0.15, 0.2) is 0 Å². The van der Waals surface area contributed by atoms with Gasteiger partial charge in [-0.05, 0) is 25.7 Å². The highest BCUT2D eigenvalue weighted by Crippen LogP contribution is 2.49. The predicted octanol–water partition coefficient (Wildman–Crippen LogP) is 3.07. The SMILES string of the molecule is OC1CCC(C(F)(C(F)F)C(F)(F)F)CC1. The Balaban J connectivity index is 2.86. The Kier molecular flexibility index (Phi) is 3.76. The van der Waals surface area contributed by atoms with Crippen LogP contribution in [0.25, 0.3) is 0 Å². The molecular formula is C9H12F6O. The zero-order chi connectivity index (χ0) is 12.6. The highest BCUT2D eigenvalue weighted by atomic mass is 19.4. The summed E-state index contributed by atoms with van der Waals surface area (Å²) in [5, 5.41) is 9.04. The predicted molar refractivity (Wildman–Crippen MR) is 43.9 cm³/mol. The fourth-order valence-corrected chi connectivity index (χ4v) is 2.03. The van der Waals surface area contributed by atoms with Crippen molar-refractivity contribution in [2.75, 3.05) is 0 Å².